The van der Waals surface area contributed by atoms with Crippen LogP contribution in [0.25, 0.3) is 0 Å². The predicted molar refractivity (Wildman–Crippen MR) is 62.9 cm³/mol. The summed E-state index contributed by atoms with van der Waals surface area (Å²) in [5.41, 5.74) is 0. The highest BCUT2D eigenvalue weighted by Gasteiger charge is 2.18. The fourth-order valence-electron chi connectivity index (χ4n) is 1.95. The molecule has 2 fully saturated rings. The van der Waals surface area contributed by atoms with E-state index in [2.05, 4.69) is 17.6 Å². The van der Waals surface area contributed by atoms with Gasteiger partial charge in [0.25, 0.3) is 0 Å². The number of hydrogen-bond acceptors (Lipinski definition) is 2. The average molecular weight is 226 g/mol. The molecule has 16 heavy (non-hydrogen) atoms. The Hall–Kier alpha value is -1.06. The molecular weight excluding hydrogens is 204 g/mol. The monoisotopic (exact) mass is 226 g/mol. The Morgan fingerprint density at radius 2 is 1.88 bits per heavy atom. The molecule has 2 saturated heterocycles. The van der Waals surface area contributed by atoms with Crippen molar-refractivity contribution in [3.63, 3.8) is 0 Å². The van der Waals surface area contributed by atoms with Crippen LogP contribution in [0.15, 0.2) is 0 Å². The van der Waals surface area contributed by atoms with Crippen molar-refractivity contribution in [2.75, 3.05) is 13.1 Å². The summed E-state index contributed by atoms with van der Waals surface area (Å²) in [6.07, 6.45) is 6.20. The van der Waals surface area contributed by atoms with Crippen molar-refractivity contribution < 1.29 is 9.59 Å². The Kier molecular flexibility index (Phi) is 5.90. The molecule has 4 nitrogen and oxygen atoms in total. The van der Waals surface area contributed by atoms with Crippen LogP contribution in [0.4, 0.5) is 0 Å². The van der Waals surface area contributed by atoms with Crippen LogP contribution >= 0.6 is 0 Å². The second kappa shape index (κ2) is 7.25. The van der Waals surface area contributed by atoms with Crippen molar-refractivity contribution in [2.24, 2.45) is 5.92 Å². The Bertz CT molecular complexity index is 233. The summed E-state index contributed by atoms with van der Waals surface area (Å²) in [4.78, 5) is 21.3. The smallest absolute Gasteiger partial charge is 0.223 e. The molecule has 0 saturated carbocycles. The molecule has 2 N–H and O–H groups in total. The summed E-state index contributed by atoms with van der Waals surface area (Å²) < 4.78 is 0. The minimum absolute atomic E-state index is 0.214. The van der Waals surface area contributed by atoms with Gasteiger partial charge < -0.3 is 10.6 Å². The van der Waals surface area contributed by atoms with Crippen molar-refractivity contribution in [2.45, 2.75) is 45.4 Å². The molecule has 2 heterocycles. The normalized spacial score (nSPS) is 24.9. The summed E-state index contributed by atoms with van der Waals surface area (Å²) in [7, 11) is 0. The van der Waals surface area contributed by atoms with Gasteiger partial charge in [-0.1, -0.05) is 6.92 Å². The molecule has 4 heteroatoms. The molecule has 1 unspecified atom stereocenters. The highest BCUT2D eigenvalue weighted by atomic mass is 16.2. The topological polar surface area (TPSA) is 58.2 Å². The fourth-order valence-corrected chi connectivity index (χ4v) is 1.95. The van der Waals surface area contributed by atoms with Crippen LogP contribution in [0, 0.1) is 5.92 Å². The minimum Gasteiger partial charge on any atom is -0.356 e. The molecule has 2 aliphatic heterocycles. The van der Waals surface area contributed by atoms with E-state index in [9.17, 15) is 9.59 Å². The molecule has 0 aromatic carbocycles. The van der Waals surface area contributed by atoms with Gasteiger partial charge in [-0.3, -0.25) is 9.59 Å². The van der Waals surface area contributed by atoms with E-state index in [0.717, 1.165) is 51.6 Å². The van der Waals surface area contributed by atoms with Gasteiger partial charge >= 0.3 is 0 Å². The van der Waals surface area contributed by atoms with E-state index < -0.39 is 0 Å². The minimum atomic E-state index is 0.214. The van der Waals surface area contributed by atoms with E-state index in [0.29, 0.717) is 5.92 Å². The van der Waals surface area contributed by atoms with E-state index >= 15 is 0 Å². The molecule has 0 bridgehead atoms. The van der Waals surface area contributed by atoms with Gasteiger partial charge in [0.15, 0.2) is 0 Å². The van der Waals surface area contributed by atoms with Gasteiger partial charge in [0.05, 0.1) is 0 Å². The van der Waals surface area contributed by atoms with Crippen LogP contribution in [-0.4, -0.2) is 24.9 Å². The zero-order valence-electron chi connectivity index (χ0n) is 10.1. The molecule has 0 spiro atoms. The van der Waals surface area contributed by atoms with Crippen molar-refractivity contribution in [3.8, 4) is 0 Å². The third-order valence-electron chi connectivity index (χ3n) is 3.04. The van der Waals surface area contributed by atoms with Gasteiger partial charge in [0, 0.05) is 25.4 Å². The standard InChI is InChI=1S/C7H13NO.C5H9NO/c1-2-6-4-3-5-8-7(6)9;7-5-3-1-2-4-6-5/h6H,2-5H2,1H3,(H,8,9);1-4H2,(H,6,7). The van der Waals surface area contributed by atoms with Crippen molar-refractivity contribution in [1.82, 2.24) is 10.6 Å². The molecule has 1 atom stereocenters. The molecule has 0 radical (unpaired) electrons. The van der Waals surface area contributed by atoms with Gasteiger partial charge in [-0.15, -0.1) is 0 Å². The predicted octanol–water partition coefficient (Wildman–Crippen LogP) is 1.21. The lowest BCUT2D eigenvalue weighted by Crippen LogP contribution is -2.35. The first-order valence-corrected chi connectivity index (χ1v) is 6.28. The van der Waals surface area contributed by atoms with Crippen molar-refractivity contribution in [3.05, 3.63) is 0 Å². The van der Waals surface area contributed by atoms with E-state index in [4.69, 9.17) is 0 Å². The largest absolute Gasteiger partial charge is 0.356 e. The lowest BCUT2D eigenvalue weighted by atomic mass is 9.96. The Morgan fingerprint density at radius 1 is 1.12 bits per heavy atom. The van der Waals surface area contributed by atoms with E-state index in [1.165, 1.54) is 0 Å². The maximum Gasteiger partial charge on any atom is 0.223 e. The first-order chi connectivity index (χ1) is 7.74. The van der Waals surface area contributed by atoms with Gasteiger partial charge in [-0.05, 0) is 32.1 Å². The summed E-state index contributed by atoms with van der Waals surface area (Å²) in [6, 6.07) is 0. The molecule has 0 aliphatic carbocycles. The Morgan fingerprint density at radius 3 is 2.25 bits per heavy atom. The molecular formula is C12H22N2O2. The fraction of sp³-hybridized carbons (Fsp3) is 0.833. The summed E-state index contributed by atoms with van der Waals surface area (Å²) >= 11 is 0. The summed E-state index contributed by atoms with van der Waals surface area (Å²) in [6.45, 7) is 3.84. The number of amides is 2. The second-order valence-electron chi connectivity index (χ2n) is 4.35. The zero-order chi connectivity index (χ0) is 11.8. The molecule has 2 rings (SSSR count). The summed E-state index contributed by atoms with van der Waals surface area (Å²) in [5, 5.41) is 5.59. The quantitative estimate of drug-likeness (QED) is 0.706. The number of rotatable bonds is 1. The summed E-state index contributed by atoms with van der Waals surface area (Å²) in [5.74, 6) is 0.772. The van der Waals surface area contributed by atoms with E-state index in [1.807, 2.05) is 0 Å². The third-order valence-corrected chi connectivity index (χ3v) is 3.04. The Balaban J connectivity index is 0.000000165. The number of carbonyl (C=O) groups excluding carboxylic acids is 2. The van der Waals surface area contributed by atoms with E-state index in [1.54, 1.807) is 0 Å². The maximum atomic E-state index is 10.9. The van der Waals surface area contributed by atoms with Crippen LogP contribution in [0.2, 0.25) is 0 Å². The number of hydrogen-bond donors (Lipinski definition) is 2. The molecule has 92 valence electrons. The maximum absolute atomic E-state index is 10.9. The van der Waals surface area contributed by atoms with Gasteiger partial charge in [-0.2, -0.15) is 0 Å². The third kappa shape index (κ3) is 4.64. The first-order valence-electron chi connectivity index (χ1n) is 6.28. The SMILES string of the molecule is CCC1CCCNC1=O.O=C1CCCCN1. The van der Waals surface area contributed by atoms with Crippen LogP contribution in [0.3, 0.4) is 0 Å². The van der Waals surface area contributed by atoms with Crippen LogP contribution < -0.4 is 10.6 Å². The number of carbonyl (C=O) groups is 2. The lowest BCUT2D eigenvalue weighted by molar-refractivity contribution is -0.126. The second-order valence-corrected chi connectivity index (χ2v) is 4.35. The number of piperidine rings is 2. The number of nitrogens with one attached hydrogen (secondary N) is 2. The van der Waals surface area contributed by atoms with E-state index in [-0.39, 0.29) is 11.8 Å². The first kappa shape index (κ1) is 13.0. The van der Waals surface area contributed by atoms with Crippen LogP contribution in [0.1, 0.15) is 45.4 Å². The molecule has 2 aliphatic rings. The lowest BCUT2D eigenvalue weighted by Gasteiger charge is -2.19. The van der Waals surface area contributed by atoms with Crippen LogP contribution in [0.5, 0.6) is 0 Å². The molecule has 0 aromatic heterocycles. The Labute approximate surface area is 97.2 Å². The average Bonchev–Trinajstić information content (AvgIpc) is 2.31. The van der Waals surface area contributed by atoms with Gasteiger partial charge in [0.2, 0.25) is 11.8 Å². The highest BCUT2D eigenvalue weighted by Crippen LogP contribution is 2.13. The van der Waals surface area contributed by atoms with Crippen molar-refractivity contribution in [1.29, 1.82) is 0 Å². The molecule has 2 amide bonds. The van der Waals surface area contributed by atoms with Crippen LogP contribution in [-0.2, 0) is 9.59 Å². The van der Waals surface area contributed by atoms with Gasteiger partial charge in [0.1, 0.15) is 0 Å². The molecule has 0 aromatic rings. The zero-order valence-corrected chi connectivity index (χ0v) is 10.1. The van der Waals surface area contributed by atoms with Gasteiger partial charge in [-0.25, -0.2) is 0 Å². The van der Waals surface area contributed by atoms with Crippen molar-refractivity contribution >= 4 is 11.8 Å². The highest BCUT2D eigenvalue weighted by molar-refractivity contribution is 5.79.